The Labute approximate surface area is 173 Å². The second-order valence-corrected chi connectivity index (χ2v) is 8.39. The molecule has 1 fully saturated rings. The Morgan fingerprint density at radius 1 is 0.926 bits per heavy atom. The largest absolute Gasteiger partial charge is 0.309 e. The van der Waals surface area contributed by atoms with Gasteiger partial charge in [-0.25, -0.2) is 0 Å². The lowest BCUT2D eigenvalue weighted by Gasteiger charge is -2.40. The lowest BCUT2D eigenvalue weighted by atomic mass is 10.0. The first kappa shape index (κ1) is 20.6. The van der Waals surface area contributed by atoms with Crippen LogP contribution in [0.3, 0.4) is 0 Å². The molecule has 1 unspecified atom stereocenters. The highest BCUT2D eigenvalue weighted by atomic mass is 35.5. The molecule has 0 bridgehead atoms. The molecule has 3 nitrogen and oxygen atoms in total. The molecular weight excluding hydrogens is 377 g/mol. The number of benzene rings is 2. The first-order chi connectivity index (χ1) is 13.0. The Bertz CT molecular complexity index is 713. The lowest BCUT2D eigenvalue weighted by Crippen LogP contribution is -2.47. The summed E-state index contributed by atoms with van der Waals surface area (Å²) < 4.78 is 0. The molecule has 0 amide bonds. The van der Waals surface area contributed by atoms with Crippen LogP contribution < -0.4 is 0 Å². The molecule has 2 aromatic rings. The lowest BCUT2D eigenvalue weighted by molar-refractivity contribution is 0.0844. The molecule has 0 spiro atoms. The van der Waals surface area contributed by atoms with Crippen LogP contribution in [0.2, 0.25) is 10.0 Å². The van der Waals surface area contributed by atoms with Crippen molar-refractivity contribution in [3.8, 4) is 0 Å². The average Bonchev–Trinajstić information content (AvgIpc) is 2.66. The van der Waals surface area contributed by atoms with Gasteiger partial charge in [0.1, 0.15) is 0 Å². The minimum absolute atomic E-state index is 0.376. The van der Waals surface area contributed by atoms with Gasteiger partial charge in [-0.1, -0.05) is 59.6 Å². The third-order valence-electron chi connectivity index (χ3n) is 5.27. The van der Waals surface area contributed by atoms with E-state index in [1.54, 1.807) is 0 Å². The van der Waals surface area contributed by atoms with Crippen molar-refractivity contribution in [3.05, 3.63) is 69.7 Å². The molecule has 0 aromatic heterocycles. The summed E-state index contributed by atoms with van der Waals surface area (Å²) in [6, 6.07) is 17.2. The molecule has 1 aliphatic rings. The van der Waals surface area contributed by atoms with E-state index in [2.05, 4.69) is 65.2 Å². The summed E-state index contributed by atoms with van der Waals surface area (Å²) >= 11 is 12.4. The summed E-state index contributed by atoms with van der Waals surface area (Å²) in [6.07, 6.45) is 1.09. The topological polar surface area (TPSA) is 9.72 Å². The van der Waals surface area contributed by atoms with Gasteiger partial charge in [0.05, 0.1) is 10.0 Å². The van der Waals surface area contributed by atoms with Gasteiger partial charge in [-0.05, 0) is 50.3 Å². The molecule has 1 saturated heterocycles. The highest BCUT2D eigenvalue weighted by Crippen LogP contribution is 2.31. The maximum Gasteiger partial charge on any atom is 0.0595 e. The second kappa shape index (κ2) is 9.90. The Morgan fingerprint density at radius 2 is 1.63 bits per heavy atom. The molecule has 1 aliphatic heterocycles. The van der Waals surface area contributed by atoms with Crippen molar-refractivity contribution >= 4 is 23.2 Å². The zero-order valence-electron chi connectivity index (χ0n) is 16.2. The molecule has 3 rings (SSSR count). The van der Waals surface area contributed by atoms with Gasteiger partial charge in [-0.15, -0.1) is 0 Å². The van der Waals surface area contributed by atoms with Crippen LogP contribution in [0.1, 0.15) is 23.6 Å². The van der Waals surface area contributed by atoms with Crippen molar-refractivity contribution in [2.24, 2.45) is 0 Å². The van der Waals surface area contributed by atoms with Crippen molar-refractivity contribution in [2.45, 2.75) is 19.0 Å². The minimum Gasteiger partial charge on any atom is -0.309 e. The maximum atomic E-state index is 6.30. The van der Waals surface area contributed by atoms with Crippen LogP contribution in [-0.4, -0.2) is 61.5 Å². The van der Waals surface area contributed by atoms with E-state index in [9.17, 15) is 0 Å². The Kier molecular flexibility index (Phi) is 7.57. The summed E-state index contributed by atoms with van der Waals surface area (Å²) in [5.41, 5.74) is 2.65. The molecule has 5 heteroatoms. The van der Waals surface area contributed by atoms with E-state index in [-0.39, 0.29) is 0 Å². The molecule has 0 radical (unpaired) electrons. The monoisotopic (exact) mass is 405 g/mol. The number of piperazine rings is 1. The predicted molar refractivity (Wildman–Crippen MR) is 116 cm³/mol. The van der Waals surface area contributed by atoms with Crippen molar-refractivity contribution in [2.75, 3.05) is 46.8 Å². The van der Waals surface area contributed by atoms with Gasteiger partial charge in [0.15, 0.2) is 0 Å². The van der Waals surface area contributed by atoms with Crippen LogP contribution in [-0.2, 0) is 6.54 Å². The van der Waals surface area contributed by atoms with E-state index in [1.807, 2.05) is 12.1 Å². The number of rotatable bonds is 7. The quantitative estimate of drug-likeness (QED) is 0.654. The van der Waals surface area contributed by atoms with Crippen LogP contribution in [0.15, 0.2) is 48.5 Å². The normalized spacial score (nSPS) is 17.4. The molecule has 0 aliphatic carbocycles. The second-order valence-electron chi connectivity index (χ2n) is 7.58. The summed E-state index contributed by atoms with van der Waals surface area (Å²) in [4.78, 5) is 7.39. The summed E-state index contributed by atoms with van der Waals surface area (Å²) in [6.45, 7) is 6.42. The fourth-order valence-corrected chi connectivity index (χ4v) is 4.04. The standard InChI is InChI=1S/C22H29Cl2N3/c1-25(2)11-10-22(19-8-9-20(23)21(24)16-19)27-14-12-26(13-15-27)17-18-6-4-3-5-7-18/h3-9,16,22H,10-15,17H2,1-2H3. The zero-order chi connectivity index (χ0) is 19.2. The van der Waals surface area contributed by atoms with Gasteiger partial charge in [0.2, 0.25) is 0 Å². The van der Waals surface area contributed by atoms with Crippen LogP contribution in [0.5, 0.6) is 0 Å². The van der Waals surface area contributed by atoms with E-state index >= 15 is 0 Å². The van der Waals surface area contributed by atoms with Crippen molar-refractivity contribution in [1.82, 2.24) is 14.7 Å². The maximum absolute atomic E-state index is 6.30. The SMILES string of the molecule is CN(C)CCC(c1ccc(Cl)c(Cl)c1)N1CCN(Cc2ccccc2)CC1. The molecule has 1 heterocycles. The van der Waals surface area contributed by atoms with Crippen LogP contribution in [0, 0.1) is 0 Å². The molecule has 27 heavy (non-hydrogen) atoms. The van der Waals surface area contributed by atoms with Gasteiger partial charge in [-0.2, -0.15) is 0 Å². The first-order valence-corrected chi connectivity index (χ1v) is 10.4. The van der Waals surface area contributed by atoms with Gasteiger partial charge in [0, 0.05) is 38.8 Å². The van der Waals surface area contributed by atoms with E-state index < -0.39 is 0 Å². The van der Waals surface area contributed by atoms with Crippen molar-refractivity contribution < 1.29 is 0 Å². The highest BCUT2D eigenvalue weighted by molar-refractivity contribution is 6.42. The fourth-order valence-electron chi connectivity index (χ4n) is 3.73. The number of hydrogen-bond acceptors (Lipinski definition) is 3. The molecule has 1 atom stereocenters. The van der Waals surface area contributed by atoms with Crippen molar-refractivity contribution in [3.63, 3.8) is 0 Å². The van der Waals surface area contributed by atoms with E-state index in [4.69, 9.17) is 23.2 Å². The average molecular weight is 406 g/mol. The Morgan fingerprint density at radius 3 is 2.26 bits per heavy atom. The minimum atomic E-state index is 0.376. The number of hydrogen-bond donors (Lipinski definition) is 0. The van der Waals surface area contributed by atoms with E-state index in [0.29, 0.717) is 16.1 Å². The number of nitrogens with zero attached hydrogens (tertiary/aromatic N) is 3. The third kappa shape index (κ3) is 5.94. The van der Waals surface area contributed by atoms with Gasteiger partial charge in [-0.3, -0.25) is 9.80 Å². The smallest absolute Gasteiger partial charge is 0.0595 e. The van der Waals surface area contributed by atoms with Gasteiger partial charge in [0.25, 0.3) is 0 Å². The molecule has 0 N–H and O–H groups in total. The van der Waals surface area contributed by atoms with Crippen LogP contribution in [0.4, 0.5) is 0 Å². The van der Waals surface area contributed by atoms with Crippen LogP contribution >= 0.6 is 23.2 Å². The van der Waals surface area contributed by atoms with Crippen molar-refractivity contribution in [1.29, 1.82) is 0 Å². The zero-order valence-corrected chi connectivity index (χ0v) is 17.8. The highest BCUT2D eigenvalue weighted by Gasteiger charge is 2.25. The van der Waals surface area contributed by atoms with Gasteiger partial charge >= 0.3 is 0 Å². The summed E-state index contributed by atoms with van der Waals surface area (Å²) in [5.74, 6) is 0. The Balaban J connectivity index is 1.65. The fraction of sp³-hybridized carbons (Fsp3) is 0.455. The molecular formula is C22H29Cl2N3. The predicted octanol–water partition coefficient (Wildman–Crippen LogP) is 4.80. The van der Waals surface area contributed by atoms with E-state index in [0.717, 1.165) is 45.7 Å². The summed E-state index contributed by atoms with van der Waals surface area (Å²) in [7, 11) is 4.26. The number of halogens is 2. The Hall–Kier alpha value is -1.10. The van der Waals surface area contributed by atoms with Crippen LogP contribution in [0.25, 0.3) is 0 Å². The molecule has 146 valence electrons. The first-order valence-electron chi connectivity index (χ1n) is 9.63. The van der Waals surface area contributed by atoms with Gasteiger partial charge < -0.3 is 4.90 Å². The third-order valence-corrected chi connectivity index (χ3v) is 6.01. The summed E-state index contributed by atoms with van der Waals surface area (Å²) in [5, 5.41) is 1.27. The molecule has 0 saturated carbocycles. The van der Waals surface area contributed by atoms with E-state index in [1.165, 1.54) is 11.1 Å². The molecule has 2 aromatic carbocycles.